The largest absolute Gasteiger partial charge is 0.497 e. The molecule has 1 atom stereocenters. The Morgan fingerprint density at radius 3 is 2.76 bits per heavy atom. The molecule has 1 saturated heterocycles. The Morgan fingerprint density at radius 2 is 2.00 bits per heavy atom. The van der Waals surface area contributed by atoms with Crippen LogP contribution in [-0.4, -0.2) is 41.0 Å². The number of carbonyl (C=O) groups is 1. The lowest BCUT2D eigenvalue weighted by molar-refractivity contribution is -0.131. The third-order valence-corrected chi connectivity index (χ3v) is 5.43. The molecule has 2 aromatic heterocycles. The maximum Gasteiger partial charge on any atom is 0.227 e. The zero-order chi connectivity index (χ0) is 20.1. The molecule has 5 heteroatoms. The monoisotopic (exact) mass is 387 g/mol. The summed E-state index contributed by atoms with van der Waals surface area (Å²) in [6, 6.07) is 17.9. The Labute approximate surface area is 171 Å². The van der Waals surface area contributed by atoms with Crippen LogP contribution in [0.1, 0.15) is 30.0 Å². The predicted octanol–water partition coefficient (Wildman–Crippen LogP) is 4.10. The van der Waals surface area contributed by atoms with Gasteiger partial charge in [0.2, 0.25) is 5.91 Å². The topological polar surface area (TPSA) is 55.3 Å². The fraction of sp³-hybridized carbons (Fsp3) is 0.292. The lowest BCUT2D eigenvalue weighted by atomic mass is 9.93. The fourth-order valence-electron chi connectivity index (χ4n) is 3.84. The molecule has 3 heterocycles. The molecule has 1 aliphatic rings. The molecular formula is C24H25N3O2. The third kappa shape index (κ3) is 4.62. The second-order valence-electron chi connectivity index (χ2n) is 7.39. The maximum absolute atomic E-state index is 12.8. The number of likely N-dealkylation sites (tertiary alicyclic amines) is 1. The number of pyridine rings is 2. The van der Waals surface area contributed by atoms with Gasteiger partial charge in [0.25, 0.3) is 0 Å². The highest BCUT2D eigenvalue weighted by molar-refractivity contribution is 5.78. The molecule has 1 unspecified atom stereocenters. The van der Waals surface area contributed by atoms with E-state index in [2.05, 4.69) is 17.1 Å². The van der Waals surface area contributed by atoms with Gasteiger partial charge in [-0.3, -0.25) is 14.8 Å². The molecule has 4 rings (SSSR count). The number of methoxy groups -OCH3 is 1. The molecule has 1 aliphatic heterocycles. The molecule has 0 aliphatic carbocycles. The van der Waals surface area contributed by atoms with Gasteiger partial charge in [-0.25, -0.2) is 0 Å². The first-order valence-corrected chi connectivity index (χ1v) is 10.0. The van der Waals surface area contributed by atoms with Crippen molar-refractivity contribution in [3.63, 3.8) is 0 Å². The van der Waals surface area contributed by atoms with Crippen molar-refractivity contribution < 1.29 is 9.53 Å². The minimum Gasteiger partial charge on any atom is -0.497 e. The van der Waals surface area contributed by atoms with Crippen molar-refractivity contribution in [1.29, 1.82) is 0 Å². The van der Waals surface area contributed by atoms with Crippen molar-refractivity contribution in [2.24, 2.45) is 0 Å². The van der Waals surface area contributed by atoms with Gasteiger partial charge < -0.3 is 9.64 Å². The molecule has 0 bridgehead atoms. The quantitative estimate of drug-likeness (QED) is 0.661. The summed E-state index contributed by atoms with van der Waals surface area (Å²) in [6.45, 7) is 1.53. The van der Waals surface area contributed by atoms with Gasteiger partial charge in [0.15, 0.2) is 0 Å². The molecule has 1 fully saturated rings. The highest BCUT2D eigenvalue weighted by atomic mass is 16.5. The summed E-state index contributed by atoms with van der Waals surface area (Å²) in [5, 5.41) is 0. The van der Waals surface area contributed by atoms with E-state index in [0.29, 0.717) is 6.42 Å². The Bertz CT molecular complexity index is 957. The van der Waals surface area contributed by atoms with Crippen LogP contribution in [0.15, 0.2) is 67.0 Å². The molecule has 0 radical (unpaired) electrons. The van der Waals surface area contributed by atoms with Crippen molar-refractivity contribution in [2.45, 2.75) is 25.2 Å². The van der Waals surface area contributed by atoms with Crippen LogP contribution in [-0.2, 0) is 11.2 Å². The van der Waals surface area contributed by atoms with Gasteiger partial charge in [-0.1, -0.05) is 12.1 Å². The number of carbonyl (C=O) groups excluding carboxylic acids is 1. The van der Waals surface area contributed by atoms with E-state index in [-0.39, 0.29) is 11.8 Å². The number of aromatic nitrogens is 2. The van der Waals surface area contributed by atoms with E-state index in [4.69, 9.17) is 9.72 Å². The Hall–Kier alpha value is -3.21. The van der Waals surface area contributed by atoms with E-state index in [0.717, 1.165) is 54.2 Å². The van der Waals surface area contributed by atoms with E-state index in [9.17, 15) is 4.79 Å². The standard InChI is InChI=1S/C24H25N3O2/c1-29-21-11-9-19(10-12-21)22-7-2-8-23(26-22)20-6-4-14-27(17-20)24(28)15-18-5-3-13-25-16-18/h2-3,5,7-13,16,20H,4,6,14-15,17H2,1H3. The van der Waals surface area contributed by atoms with Crippen LogP contribution >= 0.6 is 0 Å². The van der Waals surface area contributed by atoms with Crippen LogP contribution in [0.5, 0.6) is 5.75 Å². The maximum atomic E-state index is 12.8. The Balaban J connectivity index is 1.47. The summed E-state index contributed by atoms with van der Waals surface area (Å²) >= 11 is 0. The number of amides is 1. The van der Waals surface area contributed by atoms with Crippen LogP contribution < -0.4 is 4.74 Å². The second kappa shape index (κ2) is 8.86. The predicted molar refractivity (Wildman–Crippen MR) is 113 cm³/mol. The molecule has 1 aromatic carbocycles. The van der Waals surface area contributed by atoms with Gasteiger partial charge in [0.1, 0.15) is 5.75 Å². The van der Waals surface area contributed by atoms with Crippen LogP contribution in [0.4, 0.5) is 0 Å². The van der Waals surface area contributed by atoms with Crippen LogP contribution in [0.25, 0.3) is 11.3 Å². The molecule has 148 valence electrons. The first-order valence-electron chi connectivity index (χ1n) is 10.0. The van der Waals surface area contributed by atoms with Gasteiger partial charge in [-0.05, 0) is 60.9 Å². The van der Waals surface area contributed by atoms with E-state index in [1.165, 1.54) is 0 Å². The van der Waals surface area contributed by atoms with Crippen molar-refractivity contribution in [2.75, 3.05) is 20.2 Å². The first kappa shape index (κ1) is 19.1. The third-order valence-electron chi connectivity index (χ3n) is 5.43. The van der Waals surface area contributed by atoms with Gasteiger partial charge in [0, 0.05) is 42.7 Å². The fourth-order valence-corrected chi connectivity index (χ4v) is 3.84. The average Bonchev–Trinajstić information content (AvgIpc) is 2.80. The number of benzene rings is 1. The smallest absolute Gasteiger partial charge is 0.227 e. The van der Waals surface area contributed by atoms with E-state index in [1.807, 2.05) is 47.4 Å². The van der Waals surface area contributed by atoms with Crippen molar-refractivity contribution in [3.8, 4) is 17.0 Å². The highest BCUT2D eigenvalue weighted by Crippen LogP contribution is 2.28. The van der Waals surface area contributed by atoms with Crippen molar-refractivity contribution in [3.05, 3.63) is 78.2 Å². The average molecular weight is 387 g/mol. The SMILES string of the molecule is COc1ccc(-c2cccc(C3CCCN(C(=O)Cc4cccnc4)C3)n2)cc1. The Morgan fingerprint density at radius 1 is 1.14 bits per heavy atom. The first-order chi connectivity index (χ1) is 14.2. The van der Waals surface area contributed by atoms with Crippen molar-refractivity contribution >= 4 is 5.91 Å². The van der Waals surface area contributed by atoms with Crippen LogP contribution in [0.3, 0.4) is 0 Å². The zero-order valence-electron chi connectivity index (χ0n) is 16.6. The molecule has 1 amide bonds. The van der Waals surface area contributed by atoms with Crippen LogP contribution in [0.2, 0.25) is 0 Å². The number of hydrogen-bond acceptors (Lipinski definition) is 4. The molecule has 5 nitrogen and oxygen atoms in total. The van der Waals surface area contributed by atoms with Crippen LogP contribution in [0, 0.1) is 0 Å². The van der Waals surface area contributed by atoms with Gasteiger partial charge in [-0.15, -0.1) is 0 Å². The minimum atomic E-state index is 0.161. The summed E-state index contributed by atoms with van der Waals surface area (Å²) in [5.74, 6) is 1.26. The lowest BCUT2D eigenvalue weighted by Crippen LogP contribution is -2.40. The molecule has 29 heavy (non-hydrogen) atoms. The van der Waals surface area contributed by atoms with E-state index < -0.39 is 0 Å². The normalized spacial score (nSPS) is 16.4. The summed E-state index contributed by atoms with van der Waals surface area (Å²) in [5.41, 5.74) is 4.02. The minimum absolute atomic E-state index is 0.161. The summed E-state index contributed by atoms with van der Waals surface area (Å²) < 4.78 is 5.24. The van der Waals surface area contributed by atoms with E-state index in [1.54, 1.807) is 19.5 Å². The number of ether oxygens (including phenoxy) is 1. The zero-order valence-corrected chi connectivity index (χ0v) is 16.6. The van der Waals surface area contributed by atoms with Crippen molar-refractivity contribution in [1.82, 2.24) is 14.9 Å². The van der Waals surface area contributed by atoms with E-state index >= 15 is 0 Å². The van der Waals surface area contributed by atoms with Gasteiger partial charge >= 0.3 is 0 Å². The van der Waals surface area contributed by atoms with Gasteiger partial charge in [0.05, 0.1) is 19.2 Å². The number of rotatable bonds is 5. The summed E-state index contributed by atoms with van der Waals surface area (Å²) in [4.78, 5) is 23.8. The molecule has 3 aromatic rings. The highest BCUT2D eigenvalue weighted by Gasteiger charge is 2.25. The van der Waals surface area contributed by atoms with Gasteiger partial charge in [-0.2, -0.15) is 0 Å². The molecular weight excluding hydrogens is 362 g/mol. The molecule has 0 spiro atoms. The Kier molecular flexibility index (Phi) is 5.84. The summed E-state index contributed by atoms with van der Waals surface area (Å²) in [6.07, 6.45) is 5.94. The number of hydrogen-bond donors (Lipinski definition) is 0. The number of piperidine rings is 1. The molecule has 0 N–H and O–H groups in total. The molecule has 0 saturated carbocycles. The lowest BCUT2D eigenvalue weighted by Gasteiger charge is -2.32. The summed E-state index contributed by atoms with van der Waals surface area (Å²) in [7, 11) is 1.66. The second-order valence-corrected chi connectivity index (χ2v) is 7.39. The number of nitrogens with zero attached hydrogens (tertiary/aromatic N) is 3.